The normalized spacial score (nSPS) is 12.3. The number of furan rings is 1. The molecular formula is C52H30N8O. The molecule has 7 heterocycles. The van der Waals surface area contributed by atoms with Gasteiger partial charge in [0.25, 0.3) is 0 Å². The summed E-state index contributed by atoms with van der Waals surface area (Å²) in [6.07, 6.45) is 1.86. The maximum absolute atomic E-state index is 6.67. The first-order valence-corrected chi connectivity index (χ1v) is 20.3. The van der Waals surface area contributed by atoms with E-state index in [9.17, 15) is 0 Å². The molecule has 0 saturated carbocycles. The molecule has 0 spiro atoms. The zero-order chi connectivity index (χ0) is 39.8. The van der Waals surface area contributed by atoms with E-state index in [1.165, 1.54) is 0 Å². The van der Waals surface area contributed by atoms with Crippen LogP contribution in [0.3, 0.4) is 0 Å². The fraction of sp³-hybridized carbons (Fsp3) is 0. The summed E-state index contributed by atoms with van der Waals surface area (Å²) in [6.45, 7) is 0. The number of pyridine rings is 1. The average molecular weight is 783 g/mol. The summed E-state index contributed by atoms with van der Waals surface area (Å²) in [5.74, 6) is 2.69. The molecule has 0 aliphatic rings. The van der Waals surface area contributed by atoms with Crippen molar-refractivity contribution in [1.29, 1.82) is 0 Å². The first-order valence-electron chi connectivity index (χ1n) is 20.3. The van der Waals surface area contributed by atoms with Crippen molar-refractivity contribution in [1.82, 2.24) is 38.0 Å². The molecule has 7 aromatic carbocycles. The minimum Gasteiger partial charge on any atom is -0.452 e. The fourth-order valence-corrected chi connectivity index (χ4v) is 9.73. The second-order valence-corrected chi connectivity index (χ2v) is 15.5. The average Bonchev–Trinajstić information content (AvgIpc) is 4.12. The van der Waals surface area contributed by atoms with Gasteiger partial charge in [0.05, 0.1) is 49.8 Å². The number of rotatable bonds is 4. The van der Waals surface area contributed by atoms with E-state index < -0.39 is 0 Å². The maximum atomic E-state index is 6.67. The Hall–Kier alpha value is -8.56. The van der Waals surface area contributed by atoms with Crippen molar-refractivity contribution in [2.75, 3.05) is 0 Å². The van der Waals surface area contributed by atoms with Crippen molar-refractivity contribution in [2.24, 2.45) is 0 Å². The Balaban J connectivity index is 1.15. The van der Waals surface area contributed by atoms with Crippen molar-refractivity contribution in [3.63, 3.8) is 0 Å². The van der Waals surface area contributed by atoms with Gasteiger partial charge in [0.2, 0.25) is 11.7 Å². The summed E-state index contributed by atoms with van der Waals surface area (Å²) in [6, 6.07) is 61.0. The van der Waals surface area contributed by atoms with E-state index in [1.807, 2.05) is 36.5 Å². The first kappa shape index (κ1) is 32.4. The highest BCUT2D eigenvalue weighted by Crippen LogP contribution is 2.40. The van der Waals surface area contributed by atoms with E-state index in [0.29, 0.717) is 17.3 Å². The van der Waals surface area contributed by atoms with E-state index in [-0.39, 0.29) is 0 Å². The van der Waals surface area contributed by atoms with E-state index in [0.717, 1.165) is 105 Å². The van der Waals surface area contributed by atoms with Gasteiger partial charge < -0.3 is 4.42 Å². The quantitative estimate of drug-likeness (QED) is 0.177. The molecule has 9 heteroatoms. The van der Waals surface area contributed by atoms with Gasteiger partial charge in [0, 0.05) is 50.1 Å². The summed E-state index contributed by atoms with van der Waals surface area (Å²) in [4.78, 5) is 21.4. The SMILES string of the molecule is c1ccc2c(c1)nc1n(-c3nccc4c3oc3ccccc34)c3c(-c4cc(-n5c6ccccc6c6ccccc65)nc(-n5c6ccccc6c6ccccc65)n4)cccc3n21. The van der Waals surface area contributed by atoms with Crippen molar-refractivity contribution in [3.8, 4) is 28.8 Å². The van der Waals surface area contributed by atoms with Crippen LogP contribution in [0.15, 0.2) is 187 Å². The molecule has 61 heavy (non-hydrogen) atoms. The van der Waals surface area contributed by atoms with Crippen LogP contribution >= 0.6 is 0 Å². The zero-order valence-corrected chi connectivity index (χ0v) is 32.3. The van der Waals surface area contributed by atoms with Crippen molar-refractivity contribution in [2.45, 2.75) is 0 Å². The highest BCUT2D eigenvalue weighted by atomic mass is 16.3. The third-order valence-corrected chi connectivity index (χ3v) is 12.3. The van der Waals surface area contributed by atoms with Gasteiger partial charge in [-0.15, -0.1) is 0 Å². The van der Waals surface area contributed by atoms with Crippen molar-refractivity contribution in [3.05, 3.63) is 182 Å². The molecule has 0 bridgehead atoms. The van der Waals surface area contributed by atoms with Crippen LogP contribution in [0.2, 0.25) is 0 Å². The van der Waals surface area contributed by atoms with Crippen molar-refractivity contribution < 1.29 is 4.42 Å². The van der Waals surface area contributed by atoms with E-state index in [2.05, 4.69) is 164 Å². The molecule has 0 N–H and O–H groups in total. The molecule has 0 atom stereocenters. The summed E-state index contributed by atoms with van der Waals surface area (Å²) in [7, 11) is 0. The van der Waals surface area contributed by atoms with Crippen LogP contribution in [-0.2, 0) is 0 Å². The number of benzene rings is 7. The third kappa shape index (κ3) is 4.38. The summed E-state index contributed by atoms with van der Waals surface area (Å²) in [5.41, 5.74) is 11.1. The van der Waals surface area contributed by atoms with Gasteiger partial charge >= 0.3 is 0 Å². The molecule has 14 rings (SSSR count). The van der Waals surface area contributed by atoms with Crippen LogP contribution < -0.4 is 0 Å². The molecule has 0 radical (unpaired) electrons. The topological polar surface area (TPSA) is 83.9 Å². The highest BCUT2D eigenvalue weighted by molar-refractivity contribution is 6.11. The largest absolute Gasteiger partial charge is 0.452 e. The van der Waals surface area contributed by atoms with Gasteiger partial charge in [0.15, 0.2) is 11.4 Å². The first-order chi connectivity index (χ1) is 30.3. The van der Waals surface area contributed by atoms with Gasteiger partial charge in [-0.1, -0.05) is 115 Å². The third-order valence-electron chi connectivity index (χ3n) is 12.3. The fourth-order valence-electron chi connectivity index (χ4n) is 9.73. The lowest BCUT2D eigenvalue weighted by molar-refractivity contribution is 0.663. The number of hydrogen-bond donors (Lipinski definition) is 0. The Morgan fingerprint density at radius 1 is 0.426 bits per heavy atom. The number of aromatic nitrogens is 8. The summed E-state index contributed by atoms with van der Waals surface area (Å²) >= 11 is 0. The molecule has 14 aromatic rings. The Bertz CT molecular complexity index is 3900. The van der Waals surface area contributed by atoms with Gasteiger partial charge in [-0.05, 0) is 54.6 Å². The Labute approximate surface area is 345 Å². The predicted octanol–water partition coefficient (Wildman–Crippen LogP) is 12.4. The number of imidazole rings is 2. The number of para-hydroxylation sites is 8. The lowest BCUT2D eigenvalue weighted by Gasteiger charge is -2.15. The smallest absolute Gasteiger partial charge is 0.237 e. The van der Waals surface area contributed by atoms with Crippen molar-refractivity contribution >= 4 is 93.4 Å². The molecule has 284 valence electrons. The van der Waals surface area contributed by atoms with Crippen LogP contribution in [0.1, 0.15) is 0 Å². The second-order valence-electron chi connectivity index (χ2n) is 15.5. The number of nitrogens with zero attached hydrogens (tertiary/aromatic N) is 8. The summed E-state index contributed by atoms with van der Waals surface area (Å²) in [5, 5.41) is 6.61. The van der Waals surface area contributed by atoms with Crippen LogP contribution in [-0.4, -0.2) is 38.0 Å². The number of fused-ring (bicyclic) bond motifs is 14. The van der Waals surface area contributed by atoms with Gasteiger partial charge in [-0.2, -0.15) is 4.98 Å². The van der Waals surface area contributed by atoms with E-state index in [1.54, 1.807) is 0 Å². The van der Waals surface area contributed by atoms with Gasteiger partial charge in [-0.25, -0.2) is 15.0 Å². The molecule has 7 aromatic heterocycles. The number of hydrogen-bond acceptors (Lipinski definition) is 5. The minimum atomic E-state index is 0.564. The highest BCUT2D eigenvalue weighted by Gasteiger charge is 2.26. The molecular weight excluding hydrogens is 753 g/mol. The van der Waals surface area contributed by atoms with Gasteiger partial charge in [0.1, 0.15) is 11.4 Å². The predicted molar refractivity (Wildman–Crippen MR) is 244 cm³/mol. The molecule has 0 unspecified atom stereocenters. The van der Waals surface area contributed by atoms with Crippen LogP contribution in [0.4, 0.5) is 0 Å². The Morgan fingerprint density at radius 2 is 1.00 bits per heavy atom. The molecule has 0 aliphatic heterocycles. The standard InChI is InChI=1S/C52H30N8O/c1-7-21-40-31(14-1)32-15-2-8-22-41(32)57(40)47-30-39(54-51(56-47)58-42-23-9-3-16-33(42)34-17-4-10-24-43(34)58)37-19-13-26-45-48(37)60(52-55-38-20-6-11-25-44(38)59(45)52)50-49-36(28-29-53-50)35-18-5-12-27-46(35)61-49/h1-30H. The van der Waals surface area contributed by atoms with Crippen LogP contribution in [0, 0.1) is 0 Å². The van der Waals surface area contributed by atoms with E-state index >= 15 is 0 Å². The molecule has 0 saturated heterocycles. The molecule has 0 amide bonds. The molecule has 0 aliphatic carbocycles. The van der Waals surface area contributed by atoms with Gasteiger partial charge in [-0.3, -0.25) is 18.1 Å². The lowest BCUT2D eigenvalue weighted by atomic mass is 10.1. The van der Waals surface area contributed by atoms with E-state index in [4.69, 9.17) is 24.4 Å². The summed E-state index contributed by atoms with van der Waals surface area (Å²) < 4.78 is 15.5. The maximum Gasteiger partial charge on any atom is 0.237 e. The Kier molecular flexibility index (Phi) is 6.37. The monoisotopic (exact) mass is 782 g/mol. The zero-order valence-electron chi connectivity index (χ0n) is 32.3. The minimum absolute atomic E-state index is 0.564. The second kappa shape index (κ2) is 12.0. The van der Waals surface area contributed by atoms with Crippen LogP contribution in [0.5, 0.6) is 0 Å². The molecule has 9 nitrogen and oxygen atoms in total. The molecule has 0 fully saturated rings. The Morgan fingerprint density at radius 3 is 1.69 bits per heavy atom. The van der Waals surface area contributed by atoms with Crippen LogP contribution in [0.25, 0.3) is 122 Å². The lowest BCUT2D eigenvalue weighted by Crippen LogP contribution is -2.08.